The van der Waals surface area contributed by atoms with E-state index >= 15 is 0 Å². The summed E-state index contributed by atoms with van der Waals surface area (Å²) in [4.78, 5) is 40.5. The molecule has 164 valence electrons. The van der Waals surface area contributed by atoms with Gasteiger partial charge >= 0.3 is 5.97 Å². The van der Waals surface area contributed by atoms with Crippen molar-refractivity contribution in [3.63, 3.8) is 0 Å². The molecule has 0 aliphatic heterocycles. The molecule has 0 radical (unpaired) electrons. The third-order valence-electron chi connectivity index (χ3n) is 5.50. The van der Waals surface area contributed by atoms with Crippen LogP contribution in [0.2, 0.25) is 0 Å². The van der Waals surface area contributed by atoms with E-state index < -0.39 is 12.0 Å². The van der Waals surface area contributed by atoms with E-state index in [0.717, 1.165) is 6.42 Å². The van der Waals surface area contributed by atoms with Gasteiger partial charge in [-0.2, -0.15) is 0 Å². The monoisotopic (exact) mass is 416 g/mol. The van der Waals surface area contributed by atoms with E-state index in [9.17, 15) is 14.4 Å². The molecule has 0 spiro atoms. The van der Waals surface area contributed by atoms with Gasteiger partial charge in [0.1, 0.15) is 5.69 Å². The van der Waals surface area contributed by atoms with Crippen LogP contribution in [-0.2, 0) is 11.3 Å². The minimum Gasteiger partial charge on any atom is -0.464 e. The van der Waals surface area contributed by atoms with Crippen molar-refractivity contribution in [3.8, 4) is 0 Å². The topological polar surface area (TPSA) is 81.8 Å². The number of furan rings is 1. The molecule has 7 nitrogen and oxygen atoms in total. The minimum absolute atomic E-state index is 0.202. The van der Waals surface area contributed by atoms with Crippen molar-refractivity contribution in [1.29, 1.82) is 0 Å². The normalized spacial score (nSPS) is 12.1. The number of amides is 1. The fourth-order valence-electron chi connectivity index (χ4n) is 3.77. The van der Waals surface area contributed by atoms with Crippen molar-refractivity contribution in [2.75, 3.05) is 13.7 Å². The molecule has 2 aromatic rings. The lowest BCUT2D eigenvalue weighted by atomic mass is 9.99. The molecule has 0 aromatic carbocycles. The Balaban J connectivity index is 2.47. The van der Waals surface area contributed by atoms with Gasteiger partial charge in [0.05, 0.1) is 19.4 Å². The summed E-state index contributed by atoms with van der Waals surface area (Å²) in [5.41, 5.74) is 2.11. The molecule has 30 heavy (non-hydrogen) atoms. The first kappa shape index (κ1) is 23.4. The van der Waals surface area contributed by atoms with Crippen LogP contribution in [0.25, 0.3) is 0 Å². The number of carbonyl (C=O) groups excluding carboxylic acids is 3. The average molecular weight is 417 g/mol. The fraction of sp³-hybridized carbons (Fsp3) is 0.522. The molecule has 2 aromatic heterocycles. The molecule has 7 heteroatoms. The van der Waals surface area contributed by atoms with Crippen molar-refractivity contribution >= 4 is 17.7 Å². The predicted molar refractivity (Wildman–Crippen MR) is 114 cm³/mol. The number of hydrogen-bond donors (Lipinski definition) is 0. The molecule has 1 atom stereocenters. The summed E-state index contributed by atoms with van der Waals surface area (Å²) in [5.74, 6) is -0.429. The second-order valence-corrected chi connectivity index (χ2v) is 7.87. The van der Waals surface area contributed by atoms with E-state index in [4.69, 9.17) is 9.15 Å². The Morgan fingerprint density at radius 1 is 1.20 bits per heavy atom. The molecule has 0 N–H and O–H groups in total. The van der Waals surface area contributed by atoms with Crippen LogP contribution in [0.3, 0.4) is 0 Å². The number of esters is 1. The second kappa shape index (κ2) is 9.78. The third kappa shape index (κ3) is 4.50. The summed E-state index contributed by atoms with van der Waals surface area (Å²) in [6.07, 6.45) is 2.20. The van der Waals surface area contributed by atoms with Gasteiger partial charge in [0.2, 0.25) is 0 Å². The highest BCUT2D eigenvalue weighted by atomic mass is 16.5. The van der Waals surface area contributed by atoms with Gasteiger partial charge in [0.25, 0.3) is 5.91 Å². The maximum atomic E-state index is 13.5. The fourth-order valence-corrected chi connectivity index (χ4v) is 3.77. The number of ketones is 1. The predicted octanol–water partition coefficient (Wildman–Crippen LogP) is 4.26. The highest BCUT2D eigenvalue weighted by Gasteiger charge is 2.33. The van der Waals surface area contributed by atoms with Gasteiger partial charge < -0.3 is 18.6 Å². The molecule has 1 unspecified atom stereocenters. The highest BCUT2D eigenvalue weighted by Crippen LogP contribution is 2.26. The van der Waals surface area contributed by atoms with Crippen molar-refractivity contribution in [2.45, 2.75) is 60.5 Å². The first-order chi connectivity index (χ1) is 14.1. The summed E-state index contributed by atoms with van der Waals surface area (Å²) in [6.45, 7) is 12.3. The summed E-state index contributed by atoms with van der Waals surface area (Å²) >= 11 is 0. The lowest BCUT2D eigenvalue weighted by Crippen LogP contribution is -2.44. The average Bonchev–Trinajstić information content (AvgIpc) is 3.32. The molecule has 0 fully saturated rings. The first-order valence-electron chi connectivity index (χ1n) is 10.3. The van der Waals surface area contributed by atoms with Crippen molar-refractivity contribution in [3.05, 3.63) is 46.7 Å². The number of hydrogen-bond acceptors (Lipinski definition) is 5. The summed E-state index contributed by atoms with van der Waals surface area (Å²) in [5, 5.41) is 0. The van der Waals surface area contributed by atoms with Gasteiger partial charge in [-0.3, -0.25) is 9.59 Å². The molecule has 1 amide bonds. The molecule has 0 aliphatic rings. The molecule has 0 saturated heterocycles. The maximum Gasteiger partial charge on any atom is 0.354 e. The van der Waals surface area contributed by atoms with E-state index in [1.807, 2.05) is 13.8 Å². The van der Waals surface area contributed by atoms with Crippen LogP contribution in [0, 0.1) is 19.8 Å². The largest absolute Gasteiger partial charge is 0.464 e. The van der Waals surface area contributed by atoms with E-state index in [0.29, 0.717) is 41.5 Å². The van der Waals surface area contributed by atoms with E-state index in [1.54, 1.807) is 35.4 Å². The van der Waals surface area contributed by atoms with Crippen LogP contribution in [0.4, 0.5) is 0 Å². The van der Waals surface area contributed by atoms with Crippen molar-refractivity contribution in [2.24, 2.45) is 5.92 Å². The SMILES string of the molecule is CCn1c(C)c(C(=O)C(C)N(CCC(C)C)C(=O)c2ccco2)c(C)c1C(=O)OC. The molecule has 0 aliphatic carbocycles. The number of rotatable bonds is 9. The Kier molecular flexibility index (Phi) is 7.65. The molecular formula is C23H32N2O5. The van der Waals surface area contributed by atoms with Gasteiger partial charge in [-0.25, -0.2) is 4.79 Å². The Morgan fingerprint density at radius 3 is 2.37 bits per heavy atom. The van der Waals surface area contributed by atoms with Crippen LogP contribution in [0.15, 0.2) is 22.8 Å². The zero-order chi connectivity index (χ0) is 22.6. The number of ether oxygens (including phenoxy) is 1. The van der Waals surface area contributed by atoms with E-state index in [1.165, 1.54) is 13.4 Å². The Hall–Kier alpha value is -2.83. The first-order valence-corrected chi connectivity index (χ1v) is 10.3. The molecule has 0 bridgehead atoms. The number of carbonyl (C=O) groups is 3. The van der Waals surface area contributed by atoms with Gasteiger partial charge in [-0.05, 0) is 57.7 Å². The van der Waals surface area contributed by atoms with Crippen LogP contribution in [0.1, 0.15) is 76.8 Å². The molecule has 0 saturated carbocycles. The summed E-state index contributed by atoms with van der Waals surface area (Å²) in [7, 11) is 1.32. The van der Waals surface area contributed by atoms with Crippen molar-refractivity contribution in [1.82, 2.24) is 9.47 Å². The van der Waals surface area contributed by atoms with Crippen molar-refractivity contribution < 1.29 is 23.5 Å². The van der Waals surface area contributed by atoms with Gasteiger partial charge in [-0.1, -0.05) is 13.8 Å². The lowest BCUT2D eigenvalue weighted by molar-refractivity contribution is 0.0584. The van der Waals surface area contributed by atoms with Gasteiger partial charge in [0.15, 0.2) is 11.5 Å². The number of Topliss-reactive ketones (excluding diaryl/α,β-unsaturated/α-hetero) is 1. The standard InChI is InChI=1S/C23H32N2O5/c1-8-24-16(5)19(15(4)20(24)23(28)29-7)21(26)17(6)25(12-11-14(2)3)22(27)18-10-9-13-30-18/h9-10,13-14,17H,8,11-12H2,1-7H3. The van der Waals surface area contributed by atoms with Crippen LogP contribution < -0.4 is 0 Å². The molecule has 2 heterocycles. The Morgan fingerprint density at radius 2 is 1.87 bits per heavy atom. The highest BCUT2D eigenvalue weighted by molar-refractivity contribution is 6.07. The third-order valence-corrected chi connectivity index (χ3v) is 5.50. The molecule has 2 rings (SSSR count). The van der Waals surface area contributed by atoms with Gasteiger partial charge in [-0.15, -0.1) is 0 Å². The second-order valence-electron chi connectivity index (χ2n) is 7.87. The summed E-state index contributed by atoms with van der Waals surface area (Å²) < 4.78 is 12.0. The van der Waals surface area contributed by atoms with Crippen LogP contribution >= 0.6 is 0 Å². The Bertz CT molecular complexity index is 909. The number of aromatic nitrogens is 1. The van der Waals surface area contributed by atoms with Crippen LogP contribution in [0.5, 0.6) is 0 Å². The van der Waals surface area contributed by atoms with Gasteiger partial charge in [0, 0.05) is 24.3 Å². The van der Waals surface area contributed by atoms with E-state index in [-0.39, 0.29) is 17.5 Å². The number of nitrogens with zero attached hydrogens (tertiary/aromatic N) is 2. The minimum atomic E-state index is -0.711. The zero-order valence-corrected chi connectivity index (χ0v) is 18.9. The Labute approximate surface area is 178 Å². The summed E-state index contributed by atoms with van der Waals surface area (Å²) in [6, 6.07) is 2.54. The van der Waals surface area contributed by atoms with E-state index in [2.05, 4.69) is 13.8 Å². The lowest BCUT2D eigenvalue weighted by Gasteiger charge is -2.28. The quantitative estimate of drug-likeness (QED) is 0.450. The smallest absolute Gasteiger partial charge is 0.354 e. The molecular weight excluding hydrogens is 384 g/mol. The zero-order valence-electron chi connectivity index (χ0n) is 18.9. The maximum absolute atomic E-state index is 13.5. The number of methoxy groups -OCH3 is 1. The van der Waals surface area contributed by atoms with Crippen LogP contribution in [-0.4, -0.2) is 46.8 Å².